The minimum absolute atomic E-state index is 0.419. The van der Waals surface area contributed by atoms with Gasteiger partial charge in [-0.15, -0.1) is 0 Å². The second-order valence-corrected chi connectivity index (χ2v) is 6.66. The van der Waals surface area contributed by atoms with Crippen molar-refractivity contribution in [1.82, 2.24) is 0 Å². The van der Waals surface area contributed by atoms with E-state index in [2.05, 4.69) is 0 Å². The SMILES string of the molecule is COc1ccc(/C=C/C=C/N(C(=O)OC(C)(C)C)c2ccccc2)cc1. The molecule has 2 rings (SSSR count). The molecule has 1 amide bonds. The predicted octanol–water partition coefficient (Wildman–Crippen LogP) is 5.66. The Morgan fingerprint density at radius 3 is 2.19 bits per heavy atom. The Bertz CT molecular complexity index is 756. The summed E-state index contributed by atoms with van der Waals surface area (Å²) in [6.07, 6.45) is 6.92. The van der Waals surface area contributed by atoms with Crippen LogP contribution in [0.1, 0.15) is 26.3 Å². The highest BCUT2D eigenvalue weighted by Crippen LogP contribution is 2.18. The number of nitrogens with zero attached hydrogens (tertiary/aromatic N) is 1. The molecule has 0 heterocycles. The van der Waals surface area contributed by atoms with E-state index < -0.39 is 11.7 Å². The number of rotatable bonds is 5. The van der Waals surface area contributed by atoms with Crippen molar-refractivity contribution >= 4 is 17.9 Å². The maximum Gasteiger partial charge on any atom is 0.418 e. The largest absolute Gasteiger partial charge is 0.497 e. The summed E-state index contributed by atoms with van der Waals surface area (Å²) in [6.45, 7) is 5.55. The van der Waals surface area contributed by atoms with Gasteiger partial charge in [-0.3, -0.25) is 4.90 Å². The quantitative estimate of drug-likeness (QED) is 0.652. The van der Waals surface area contributed by atoms with E-state index >= 15 is 0 Å². The van der Waals surface area contributed by atoms with Crippen molar-refractivity contribution in [3.63, 3.8) is 0 Å². The molecule has 0 unspecified atom stereocenters. The van der Waals surface area contributed by atoms with Crippen LogP contribution in [0, 0.1) is 0 Å². The molecule has 4 heteroatoms. The van der Waals surface area contributed by atoms with Crippen LogP contribution in [0.5, 0.6) is 5.75 Å². The summed E-state index contributed by atoms with van der Waals surface area (Å²) < 4.78 is 10.6. The van der Waals surface area contributed by atoms with Crippen LogP contribution in [0.4, 0.5) is 10.5 Å². The van der Waals surface area contributed by atoms with E-state index in [1.165, 1.54) is 4.90 Å². The Labute approximate surface area is 155 Å². The Morgan fingerprint density at radius 2 is 1.62 bits per heavy atom. The molecule has 0 N–H and O–H groups in total. The lowest BCUT2D eigenvalue weighted by Crippen LogP contribution is -2.33. The van der Waals surface area contributed by atoms with E-state index in [9.17, 15) is 4.79 Å². The maximum absolute atomic E-state index is 12.5. The molecule has 0 saturated heterocycles. The van der Waals surface area contributed by atoms with Gasteiger partial charge in [0.25, 0.3) is 0 Å². The van der Waals surface area contributed by atoms with Crippen LogP contribution in [0.15, 0.2) is 72.9 Å². The molecule has 0 saturated carbocycles. The molecule has 0 bridgehead atoms. The lowest BCUT2D eigenvalue weighted by atomic mass is 10.2. The number of para-hydroxylation sites is 1. The molecule has 0 spiro atoms. The number of allylic oxidation sites excluding steroid dienone is 2. The van der Waals surface area contributed by atoms with E-state index in [0.29, 0.717) is 0 Å². The topological polar surface area (TPSA) is 38.8 Å². The molecular weight excluding hydrogens is 326 g/mol. The second kappa shape index (κ2) is 8.90. The van der Waals surface area contributed by atoms with E-state index in [1.54, 1.807) is 19.4 Å². The lowest BCUT2D eigenvalue weighted by molar-refractivity contribution is 0.0596. The molecule has 2 aromatic rings. The summed E-state index contributed by atoms with van der Waals surface area (Å²) in [7, 11) is 1.64. The first kappa shape index (κ1) is 19.3. The molecular formula is C22H25NO3. The highest BCUT2D eigenvalue weighted by molar-refractivity contribution is 5.89. The fourth-order valence-corrected chi connectivity index (χ4v) is 2.17. The van der Waals surface area contributed by atoms with Gasteiger partial charge >= 0.3 is 6.09 Å². The number of amides is 1. The number of hydrogen-bond acceptors (Lipinski definition) is 3. The van der Waals surface area contributed by atoms with Crippen molar-refractivity contribution in [1.29, 1.82) is 0 Å². The Balaban J connectivity index is 2.13. The van der Waals surface area contributed by atoms with Gasteiger partial charge < -0.3 is 9.47 Å². The number of benzene rings is 2. The van der Waals surface area contributed by atoms with Crippen molar-refractivity contribution < 1.29 is 14.3 Å². The van der Waals surface area contributed by atoms with Gasteiger partial charge in [0, 0.05) is 6.20 Å². The summed E-state index contributed by atoms with van der Waals surface area (Å²) in [6, 6.07) is 17.1. The number of carbonyl (C=O) groups excluding carboxylic acids is 1. The third kappa shape index (κ3) is 6.13. The number of hydrogen-bond donors (Lipinski definition) is 0. The Hall–Kier alpha value is -3.01. The normalized spacial score (nSPS) is 11.7. The molecule has 2 aromatic carbocycles. The van der Waals surface area contributed by atoms with E-state index in [4.69, 9.17) is 9.47 Å². The smallest absolute Gasteiger partial charge is 0.418 e. The van der Waals surface area contributed by atoms with Crippen molar-refractivity contribution in [2.45, 2.75) is 26.4 Å². The summed E-state index contributed by atoms with van der Waals surface area (Å²) in [5, 5.41) is 0. The van der Waals surface area contributed by atoms with Crippen LogP contribution in [0.3, 0.4) is 0 Å². The van der Waals surface area contributed by atoms with Crippen molar-refractivity contribution in [2.24, 2.45) is 0 Å². The van der Waals surface area contributed by atoms with Gasteiger partial charge in [-0.25, -0.2) is 4.79 Å². The maximum atomic E-state index is 12.5. The Kier molecular flexibility index (Phi) is 6.61. The minimum atomic E-state index is -0.559. The molecule has 0 atom stereocenters. The molecule has 4 nitrogen and oxygen atoms in total. The molecule has 0 fully saturated rings. The van der Waals surface area contributed by atoms with Crippen LogP contribution in [0.2, 0.25) is 0 Å². The van der Waals surface area contributed by atoms with Gasteiger partial charge in [-0.05, 0) is 56.7 Å². The average Bonchev–Trinajstić information content (AvgIpc) is 2.61. The molecule has 0 aliphatic rings. The summed E-state index contributed by atoms with van der Waals surface area (Å²) in [5.41, 5.74) is 1.23. The van der Waals surface area contributed by atoms with Gasteiger partial charge in [0.2, 0.25) is 0 Å². The van der Waals surface area contributed by atoms with Crippen LogP contribution < -0.4 is 9.64 Å². The van der Waals surface area contributed by atoms with E-state index in [1.807, 2.05) is 87.5 Å². The molecule has 0 aliphatic heterocycles. The third-order valence-electron chi connectivity index (χ3n) is 3.38. The Morgan fingerprint density at radius 1 is 0.962 bits per heavy atom. The zero-order valence-electron chi connectivity index (χ0n) is 15.7. The van der Waals surface area contributed by atoms with E-state index in [0.717, 1.165) is 17.0 Å². The molecule has 0 aromatic heterocycles. The standard InChI is InChI=1S/C22H25NO3/c1-22(2,3)26-21(24)23(19-11-6-5-7-12-19)17-9-8-10-18-13-15-20(25-4)16-14-18/h5-17H,1-4H3/b10-8+,17-9+. The first-order valence-corrected chi connectivity index (χ1v) is 8.45. The fourth-order valence-electron chi connectivity index (χ4n) is 2.17. The zero-order chi connectivity index (χ0) is 19.0. The number of ether oxygens (including phenoxy) is 2. The summed E-state index contributed by atoms with van der Waals surface area (Å²) in [4.78, 5) is 14.0. The van der Waals surface area contributed by atoms with Crippen LogP contribution in [-0.2, 0) is 4.74 Å². The first-order valence-electron chi connectivity index (χ1n) is 8.45. The van der Waals surface area contributed by atoms with Gasteiger partial charge in [-0.1, -0.05) is 42.5 Å². The van der Waals surface area contributed by atoms with Gasteiger partial charge in [0.15, 0.2) is 0 Å². The summed E-state index contributed by atoms with van der Waals surface area (Å²) >= 11 is 0. The van der Waals surface area contributed by atoms with Crippen LogP contribution >= 0.6 is 0 Å². The second-order valence-electron chi connectivity index (χ2n) is 6.66. The summed E-state index contributed by atoms with van der Waals surface area (Å²) in [5.74, 6) is 0.817. The van der Waals surface area contributed by atoms with Crippen LogP contribution in [-0.4, -0.2) is 18.8 Å². The fraction of sp³-hybridized carbons (Fsp3) is 0.227. The monoisotopic (exact) mass is 351 g/mol. The molecule has 0 radical (unpaired) electrons. The average molecular weight is 351 g/mol. The van der Waals surface area contributed by atoms with Gasteiger partial charge in [0.05, 0.1) is 12.8 Å². The number of methoxy groups -OCH3 is 1. The third-order valence-corrected chi connectivity index (χ3v) is 3.38. The first-order chi connectivity index (χ1) is 12.4. The number of anilines is 1. The van der Waals surface area contributed by atoms with Gasteiger partial charge in [-0.2, -0.15) is 0 Å². The van der Waals surface area contributed by atoms with Gasteiger partial charge in [0.1, 0.15) is 11.4 Å². The lowest BCUT2D eigenvalue weighted by Gasteiger charge is -2.25. The zero-order valence-corrected chi connectivity index (χ0v) is 15.7. The van der Waals surface area contributed by atoms with E-state index in [-0.39, 0.29) is 0 Å². The molecule has 0 aliphatic carbocycles. The molecule has 26 heavy (non-hydrogen) atoms. The van der Waals surface area contributed by atoms with Crippen LogP contribution in [0.25, 0.3) is 6.08 Å². The van der Waals surface area contributed by atoms with Crippen molar-refractivity contribution in [3.05, 3.63) is 78.5 Å². The highest BCUT2D eigenvalue weighted by atomic mass is 16.6. The van der Waals surface area contributed by atoms with Crippen molar-refractivity contribution in [2.75, 3.05) is 12.0 Å². The minimum Gasteiger partial charge on any atom is -0.497 e. The molecule has 136 valence electrons. The number of carbonyl (C=O) groups is 1. The highest BCUT2D eigenvalue weighted by Gasteiger charge is 2.21. The van der Waals surface area contributed by atoms with Crippen molar-refractivity contribution in [3.8, 4) is 5.75 Å². The predicted molar refractivity (Wildman–Crippen MR) is 106 cm³/mol.